The van der Waals surface area contributed by atoms with Crippen LogP contribution < -0.4 is 9.80 Å². The van der Waals surface area contributed by atoms with Crippen LogP contribution in [0.15, 0.2) is 36.4 Å². The van der Waals surface area contributed by atoms with Crippen LogP contribution in [-0.2, 0) is 26.5 Å². The standard InChI is InChI=1S/C27H24F4N6.Pt/c1-27(2,21-13-15(36(3)4)11-19(32-21)17-7-9-23(28)34-25(17)30)22-14-16(37(5)6)12-20(33-22)18-8-10-24(29)35-26(18)31;/h9-14H,1-6H3;/q-2;+2. The summed E-state index contributed by atoms with van der Waals surface area (Å²) in [7, 11) is 7.29. The number of hydrogen-bond donors (Lipinski definition) is 0. The van der Waals surface area contributed by atoms with Gasteiger partial charge in [0.25, 0.3) is 0 Å². The molecule has 0 aliphatic rings. The minimum atomic E-state index is -1.03. The van der Waals surface area contributed by atoms with Crippen molar-refractivity contribution in [3.05, 3.63) is 83.7 Å². The van der Waals surface area contributed by atoms with Gasteiger partial charge in [-0.25, -0.2) is 17.6 Å². The Bertz CT molecular complexity index is 1370. The Hall–Kier alpha value is -3.39. The summed E-state index contributed by atoms with van der Waals surface area (Å²) in [5, 5.41) is 0. The monoisotopic (exact) mass is 703 g/mol. The van der Waals surface area contributed by atoms with Crippen LogP contribution in [0.4, 0.5) is 28.9 Å². The molecule has 0 N–H and O–H groups in total. The summed E-state index contributed by atoms with van der Waals surface area (Å²) in [5.41, 5.74) is 1.83. The number of hydrogen-bond acceptors (Lipinski definition) is 6. The Morgan fingerprint density at radius 2 is 1.00 bits per heavy atom. The van der Waals surface area contributed by atoms with Crippen molar-refractivity contribution >= 4 is 11.4 Å². The molecular weight excluding hydrogens is 679 g/mol. The van der Waals surface area contributed by atoms with Crippen LogP contribution >= 0.6 is 0 Å². The van der Waals surface area contributed by atoms with Crippen molar-refractivity contribution in [3.63, 3.8) is 0 Å². The van der Waals surface area contributed by atoms with Crippen molar-refractivity contribution in [2.45, 2.75) is 19.3 Å². The molecular formula is C27H24F4N6Pt. The zero-order valence-corrected chi connectivity index (χ0v) is 23.7. The molecule has 4 aromatic heterocycles. The molecule has 0 fully saturated rings. The normalized spacial score (nSPS) is 11.2. The molecule has 0 unspecified atom stereocenters. The van der Waals surface area contributed by atoms with E-state index in [-0.39, 0.29) is 43.6 Å². The van der Waals surface area contributed by atoms with E-state index in [1.165, 1.54) is 0 Å². The van der Waals surface area contributed by atoms with Gasteiger partial charge < -0.3 is 19.8 Å². The maximum absolute atomic E-state index is 14.5. The van der Waals surface area contributed by atoms with E-state index in [1.807, 2.05) is 64.0 Å². The summed E-state index contributed by atoms with van der Waals surface area (Å²) in [5.74, 6) is -4.03. The van der Waals surface area contributed by atoms with Gasteiger partial charge >= 0.3 is 21.1 Å². The minimum absolute atomic E-state index is 0. The van der Waals surface area contributed by atoms with Crippen LogP contribution in [0.2, 0.25) is 0 Å². The molecule has 0 saturated heterocycles. The molecule has 0 radical (unpaired) electrons. The molecule has 6 nitrogen and oxygen atoms in total. The predicted molar refractivity (Wildman–Crippen MR) is 133 cm³/mol. The summed E-state index contributed by atoms with van der Waals surface area (Å²) >= 11 is 0. The average Bonchev–Trinajstić information content (AvgIpc) is 2.83. The molecule has 0 atom stereocenters. The molecule has 4 heterocycles. The van der Waals surface area contributed by atoms with E-state index >= 15 is 0 Å². The molecule has 38 heavy (non-hydrogen) atoms. The fourth-order valence-electron chi connectivity index (χ4n) is 3.68. The smallest absolute Gasteiger partial charge is 0.378 e. The molecule has 200 valence electrons. The Balaban J connectivity index is 0.00000400. The van der Waals surface area contributed by atoms with E-state index in [0.717, 1.165) is 12.1 Å². The molecule has 0 amide bonds. The number of nitrogens with zero attached hydrogens (tertiary/aromatic N) is 6. The van der Waals surface area contributed by atoms with Gasteiger partial charge in [-0.15, -0.1) is 12.1 Å². The number of rotatable bonds is 6. The third-order valence-corrected chi connectivity index (χ3v) is 5.94. The summed E-state index contributed by atoms with van der Waals surface area (Å²) < 4.78 is 55.9. The van der Waals surface area contributed by atoms with Gasteiger partial charge in [-0.1, -0.05) is 35.4 Å². The molecule has 0 aromatic carbocycles. The Morgan fingerprint density at radius 3 is 1.32 bits per heavy atom. The van der Waals surface area contributed by atoms with Crippen LogP contribution in [0, 0.1) is 35.9 Å². The first-order valence-corrected chi connectivity index (χ1v) is 11.2. The van der Waals surface area contributed by atoms with Crippen molar-refractivity contribution in [2.75, 3.05) is 38.0 Å². The van der Waals surface area contributed by atoms with Crippen molar-refractivity contribution in [2.24, 2.45) is 0 Å². The molecule has 0 saturated carbocycles. The van der Waals surface area contributed by atoms with Gasteiger partial charge in [0.05, 0.1) is 0 Å². The van der Waals surface area contributed by atoms with Gasteiger partial charge in [-0.3, -0.25) is 9.97 Å². The van der Waals surface area contributed by atoms with Crippen LogP contribution in [0.1, 0.15) is 25.2 Å². The first-order chi connectivity index (χ1) is 17.4. The predicted octanol–water partition coefficient (Wildman–Crippen LogP) is 5.21. The zero-order chi connectivity index (χ0) is 27.1. The van der Waals surface area contributed by atoms with E-state index in [9.17, 15) is 17.6 Å². The maximum atomic E-state index is 14.5. The van der Waals surface area contributed by atoms with E-state index in [2.05, 4.69) is 32.1 Å². The molecule has 0 aliphatic carbocycles. The number of aromatic nitrogens is 4. The first-order valence-electron chi connectivity index (χ1n) is 11.2. The van der Waals surface area contributed by atoms with E-state index in [4.69, 9.17) is 0 Å². The van der Waals surface area contributed by atoms with Crippen molar-refractivity contribution in [1.82, 2.24) is 19.9 Å². The molecule has 0 bridgehead atoms. The van der Waals surface area contributed by atoms with E-state index < -0.39 is 29.2 Å². The van der Waals surface area contributed by atoms with Crippen molar-refractivity contribution in [1.29, 1.82) is 0 Å². The summed E-state index contributed by atoms with van der Waals surface area (Å²) in [6.07, 6.45) is 0. The third-order valence-electron chi connectivity index (χ3n) is 5.94. The van der Waals surface area contributed by atoms with Crippen molar-refractivity contribution in [3.8, 4) is 22.5 Å². The second-order valence-electron chi connectivity index (χ2n) is 9.38. The quantitative estimate of drug-likeness (QED) is 0.156. The number of pyridine rings is 4. The Labute approximate surface area is 233 Å². The van der Waals surface area contributed by atoms with Crippen LogP contribution in [0.3, 0.4) is 0 Å². The average molecular weight is 704 g/mol. The number of anilines is 2. The zero-order valence-electron chi connectivity index (χ0n) is 21.5. The Kier molecular flexibility index (Phi) is 8.56. The van der Waals surface area contributed by atoms with E-state index in [0.29, 0.717) is 22.8 Å². The SMILES string of the molecule is CN(C)c1cc(-c2[c-]cc(F)nc2F)nc(C(C)(C)c2cc(N(C)C)cc(-c3[c-]cc(F)nc3F)n2)c1.[Pt+2]. The number of halogens is 4. The second-order valence-corrected chi connectivity index (χ2v) is 9.38. The van der Waals surface area contributed by atoms with Crippen molar-refractivity contribution < 1.29 is 38.6 Å². The maximum Gasteiger partial charge on any atom is 2.00 e. The van der Waals surface area contributed by atoms with Gasteiger partial charge in [0.15, 0.2) is 0 Å². The fraction of sp³-hybridized carbons (Fsp3) is 0.259. The minimum Gasteiger partial charge on any atom is -0.378 e. The van der Waals surface area contributed by atoms with Gasteiger partial charge in [0.1, 0.15) is 23.8 Å². The van der Waals surface area contributed by atoms with E-state index in [1.54, 1.807) is 12.1 Å². The summed E-state index contributed by atoms with van der Waals surface area (Å²) in [4.78, 5) is 19.5. The topological polar surface area (TPSA) is 58.0 Å². The molecule has 0 spiro atoms. The van der Waals surface area contributed by atoms with Gasteiger partial charge in [-0.2, -0.15) is 0 Å². The molecule has 11 heteroatoms. The molecule has 0 aliphatic heterocycles. The van der Waals surface area contributed by atoms with Gasteiger partial charge in [0, 0.05) is 56.4 Å². The van der Waals surface area contributed by atoms with Gasteiger partial charge in [0.2, 0.25) is 0 Å². The van der Waals surface area contributed by atoms with Gasteiger partial charge in [-0.05, 0) is 37.4 Å². The largest absolute Gasteiger partial charge is 2.00 e. The molecule has 4 aromatic rings. The summed E-state index contributed by atoms with van der Waals surface area (Å²) in [6.45, 7) is 3.74. The second kappa shape index (κ2) is 11.2. The van der Waals surface area contributed by atoms with Crippen LogP contribution in [0.25, 0.3) is 22.5 Å². The molecule has 4 rings (SSSR count). The van der Waals surface area contributed by atoms with Crippen LogP contribution in [-0.4, -0.2) is 48.1 Å². The summed E-state index contributed by atoms with van der Waals surface area (Å²) in [6, 6.07) is 14.0. The van der Waals surface area contributed by atoms with Crippen LogP contribution in [0.5, 0.6) is 0 Å². The third kappa shape index (κ3) is 5.85. The Morgan fingerprint density at radius 1 is 0.632 bits per heavy atom. The first kappa shape index (κ1) is 29.2. The fourth-order valence-corrected chi connectivity index (χ4v) is 3.68.